The summed E-state index contributed by atoms with van der Waals surface area (Å²) in [5.41, 5.74) is 1.34. The number of carbonyl (C=O) groups is 3. The number of Topliss-reactive ketones (excluding diaryl/α,β-unsaturated/α-hetero) is 1. The Hall–Kier alpha value is -3.03. The molecule has 0 radical (unpaired) electrons. The molecule has 7 nitrogen and oxygen atoms in total. The number of methoxy groups -OCH3 is 1. The Kier molecular flexibility index (Phi) is 6.64. The van der Waals surface area contributed by atoms with Crippen LogP contribution in [0.3, 0.4) is 0 Å². The van der Waals surface area contributed by atoms with Gasteiger partial charge in [-0.1, -0.05) is 60.7 Å². The minimum atomic E-state index is -1.21. The van der Waals surface area contributed by atoms with Crippen LogP contribution < -0.4 is 0 Å². The van der Waals surface area contributed by atoms with E-state index in [1.807, 2.05) is 36.4 Å². The molecule has 0 saturated carbocycles. The molecule has 3 rings (SSSR count). The van der Waals surface area contributed by atoms with Crippen LogP contribution >= 0.6 is 0 Å². The molecule has 30 heavy (non-hydrogen) atoms. The van der Waals surface area contributed by atoms with E-state index in [-0.39, 0.29) is 18.9 Å². The quantitative estimate of drug-likeness (QED) is 0.515. The van der Waals surface area contributed by atoms with Gasteiger partial charge in [0.05, 0.1) is 13.7 Å². The number of nitrogens with zero attached hydrogens (tertiary/aromatic N) is 1. The van der Waals surface area contributed by atoms with Gasteiger partial charge in [-0.25, -0.2) is 4.79 Å². The Balaban J connectivity index is 1.87. The van der Waals surface area contributed by atoms with Crippen LogP contribution in [0.15, 0.2) is 60.7 Å². The third kappa shape index (κ3) is 5.11. The van der Waals surface area contributed by atoms with Crippen LogP contribution in [0, 0.1) is 0 Å². The van der Waals surface area contributed by atoms with Crippen LogP contribution in [0.5, 0.6) is 0 Å². The molecule has 7 heteroatoms. The van der Waals surface area contributed by atoms with Gasteiger partial charge < -0.3 is 19.1 Å². The zero-order chi connectivity index (χ0) is 21.7. The molecule has 0 N–H and O–H groups in total. The van der Waals surface area contributed by atoms with Crippen molar-refractivity contribution in [1.82, 2.24) is 4.90 Å². The number of esters is 1. The first-order valence-electron chi connectivity index (χ1n) is 9.65. The second-order valence-corrected chi connectivity index (χ2v) is 7.47. The highest BCUT2D eigenvalue weighted by Gasteiger charge is 2.50. The monoisotopic (exact) mass is 411 g/mol. The predicted molar refractivity (Wildman–Crippen MR) is 108 cm³/mol. The van der Waals surface area contributed by atoms with E-state index in [0.29, 0.717) is 5.56 Å². The van der Waals surface area contributed by atoms with Gasteiger partial charge >= 0.3 is 5.97 Å². The minimum Gasteiger partial charge on any atom is -0.467 e. The highest BCUT2D eigenvalue weighted by Crippen LogP contribution is 2.30. The van der Waals surface area contributed by atoms with Crippen LogP contribution in [-0.4, -0.2) is 54.2 Å². The van der Waals surface area contributed by atoms with E-state index >= 15 is 0 Å². The summed E-state index contributed by atoms with van der Waals surface area (Å²) in [5, 5.41) is 0. The smallest absolute Gasteiger partial charge is 0.338 e. The second-order valence-electron chi connectivity index (χ2n) is 7.47. The molecule has 1 fully saturated rings. The second kappa shape index (κ2) is 9.19. The maximum Gasteiger partial charge on any atom is 0.338 e. The number of amides is 1. The number of benzene rings is 2. The van der Waals surface area contributed by atoms with Crippen LogP contribution in [0.4, 0.5) is 0 Å². The van der Waals surface area contributed by atoms with Gasteiger partial charge in [-0.15, -0.1) is 0 Å². The van der Waals surface area contributed by atoms with E-state index < -0.39 is 29.9 Å². The average molecular weight is 411 g/mol. The summed E-state index contributed by atoms with van der Waals surface area (Å²) in [5.74, 6) is -2.56. The predicted octanol–water partition coefficient (Wildman–Crippen LogP) is 2.59. The molecule has 1 aliphatic heterocycles. The van der Waals surface area contributed by atoms with E-state index in [1.54, 1.807) is 38.1 Å². The fourth-order valence-electron chi connectivity index (χ4n) is 3.31. The van der Waals surface area contributed by atoms with Crippen LogP contribution in [0.2, 0.25) is 0 Å². The van der Waals surface area contributed by atoms with E-state index in [9.17, 15) is 14.4 Å². The number of ketones is 1. The Morgan fingerprint density at radius 2 is 1.50 bits per heavy atom. The van der Waals surface area contributed by atoms with Crippen molar-refractivity contribution in [3.63, 3.8) is 0 Å². The zero-order valence-electron chi connectivity index (χ0n) is 17.2. The molecule has 2 atom stereocenters. The lowest BCUT2D eigenvalue weighted by molar-refractivity contribution is -0.169. The molecule has 0 spiro atoms. The lowest BCUT2D eigenvalue weighted by Crippen LogP contribution is -2.47. The van der Waals surface area contributed by atoms with Gasteiger partial charge in [0, 0.05) is 12.1 Å². The molecule has 1 aliphatic rings. The lowest BCUT2D eigenvalue weighted by Gasteiger charge is -2.26. The summed E-state index contributed by atoms with van der Waals surface area (Å²) >= 11 is 0. The SMILES string of the molecule is COC(=O)[C@H]1OC(C)(C)O[C@@H]1C(=O)N(CC(=O)c1ccccc1)Cc1ccccc1. The highest BCUT2D eigenvalue weighted by molar-refractivity contribution is 6.00. The Morgan fingerprint density at radius 3 is 2.10 bits per heavy atom. The number of hydrogen-bond acceptors (Lipinski definition) is 6. The fourth-order valence-corrected chi connectivity index (χ4v) is 3.31. The van der Waals surface area contributed by atoms with Gasteiger partial charge in [0.1, 0.15) is 0 Å². The maximum atomic E-state index is 13.4. The molecule has 158 valence electrons. The van der Waals surface area contributed by atoms with Crippen molar-refractivity contribution in [1.29, 1.82) is 0 Å². The van der Waals surface area contributed by atoms with Crippen molar-refractivity contribution in [3.8, 4) is 0 Å². The van der Waals surface area contributed by atoms with Gasteiger partial charge in [0.15, 0.2) is 23.8 Å². The van der Waals surface area contributed by atoms with E-state index in [1.165, 1.54) is 12.0 Å². The molecule has 0 aliphatic carbocycles. The van der Waals surface area contributed by atoms with Gasteiger partial charge in [-0.3, -0.25) is 9.59 Å². The Bertz CT molecular complexity index is 896. The summed E-state index contributed by atoms with van der Waals surface area (Å²) in [6.45, 7) is 3.26. The molecule has 1 saturated heterocycles. The van der Waals surface area contributed by atoms with Gasteiger partial charge in [-0.2, -0.15) is 0 Å². The molecule has 0 bridgehead atoms. The third-order valence-corrected chi connectivity index (χ3v) is 4.73. The topological polar surface area (TPSA) is 82.1 Å². The standard InChI is InChI=1S/C23H25NO6/c1-23(2)29-19(20(30-23)22(27)28-3)21(26)24(14-16-10-6-4-7-11-16)15-18(25)17-12-8-5-9-13-17/h4-13,19-20H,14-15H2,1-3H3/t19-,20-/m0/s1. The first-order chi connectivity index (χ1) is 14.3. The van der Waals surface area contributed by atoms with Gasteiger partial charge in [0.25, 0.3) is 5.91 Å². The van der Waals surface area contributed by atoms with Gasteiger partial charge in [-0.05, 0) is 19.4 Å². The Morgan fingerprint density at radius 1 is 0.933 bits per heavy atom. The first-order valence-corrected chi connectivity index (χ1v) is 9.65. The van der Waals surface area contributed by atoms with E-state index in [4.69, 9.17) is 14.2 Å². The van der Waals surface area contributed by atoms with Gasteiger partial charge in [0.2, 0.25) is 0 Å². The van der Waals surface area contributed by atoms with Crippen molar-refractivity contribution >= 4 is 17.7 Å². The van der Waals surface area contributed by atoms with Crippen molar-refractivity contribution in [2.45, 2.75) is 38.4 Å². The molecule has 1 amide bonds. The van der Waals surface area contributed by atoms with Crippen molar-refractivity contribution in [2.75, 3.05) is 13.7 Å². The molecule has 0 unspecified atom stereocenters. The number of rotatable bonds is 7. The van der Waals surface area contributed by atoms with Crippen LogP contribution in [-0.2, 0) is 30.3 Å². The van der Waals surface area contributed by atoms with Crippen molar-refractivity contribution < 1.29 is 28.6 Å². The van der Waals surface area contributed by atoms with Crippen LogP contribution in [0.1, 0.15) is 29.8 Å². The van der Waals surface area contributed by atoms with Crippen molar-refractivity contribution in [2.24, 2.45) is 0 Å². The average Bonchev–Trinajstić information content (AvgIpc) is 3.09. The summed E-state index contributed by atoms with van der Waals surface area (Å²) < 4.78 is 16.1. The molecular weight excluding hydrogens is 386 g/mol. The highest BCUT2D eigenvalue weighted by atomic mass is 16.8. The summed E-state index contributed by atoms with van der Waals surface area (Å²) in [4.78, 5) is 39.8. The number of ether oxygens (including phenoxy) is 3. The van der Waals surface area contributed by atoms with Crippen LogP contribution in [0.25, 0.3) is 0 Å². The molecule has 2 aromatic carbocycles. The summed E-state index contributed by atoms with van der Waals surface area (Å²) in [7, 11) is 1.22. The molecule has 0 aromatic heterocycles. The van der Waals surface area contributed by atoms with E-state index in [2.05, 4.69) is 0 Å². The first kappa shape index (κ1) is 21.7. The summed E-state index contributed by atoms with van der Waals surface area (Å²) in [6.07, 6.45) is -2.41. The fraction of sp³-hybridized carbons (Fsp3) is 0.348. The zero-order valence-corrected chi connectivity index (χ0v) is 17.2. The number of carbonyl (C=O) groups excluding carboxylic acids is 3. The third-order valence-electron chi connectivity index (χ3n) is 4.73. The largest absolute Gasteiger partial charge is 0.467 e. The Labute approximate surface area is 175 Å². The lowest BCUT2D eigenvalue weighted by atomic mass is 10.1. The normalized spacial score (nSPS) is 19.8. The molecule has 2 aromatic rings. The maximum absolute atomic E-state index is 13.4. The van der Waals surface area contributed by atoms with Crippen molar-refractivity contribution in [3.05, 3.63) is 71.8 Å². The minimum absolute atomic E-state index is 0.161. The van der Waals surface area contributed by atoms with E-state index in [0.717, 1.165) is 5.56 Å². The summed E-state index contributed by atoms with van der Waals surface area (Å²) in [6, 6.07) is 18.0. The molecule has 1 heterocycles. The molecular formula is C23H25NO6. The number of hydrogen-bond donors (Lipinski definition) is 0.